The number of nitrogens with zero attached hydrogens (tertiary/aromatic N) is 1. The number of para-hydroxylation sites is 1. The molecule has 1 aromatic carbocycles. The van der Waals surface area contributed by atoms with Gasteiger partial charge in [0.15, 0.2) is 0 Å². The molecule has 2 aliphatic rings. The summed E-state index contributed by atoms with van der Waals surface area (Å²) in [6.45, 7) is 2.21. The van der Waals surface area contributed by atoms with Crippen molar-refractivity contribution in [2.75, 3.05) is 19.6 Å². The van der Waals surface area contributed by atoms with Crippen molar-refractivity contribution in [3.63, 3.8) is 0 Å². The third-order valence-corrected chi connectivity index (χ3v) is 6.92. The summed E-state index contributed by atoms with van der Waals surface area (Å²) in [7, 11) is 0. The van der Waals surface area contributed by atoms with Crippen molar-refractivity contribution >= 4 is 28.1 Å². The van der Waals surface area contributed by atoms with Gasteiger partial charge in [0.1, 0.15) is 0 Å². The molecule has 0 bridgehead atoms. The molecule has 140 valence electrons. The maximum Gasteiger partial charge on any atom is 0.234 e. The second-order valence-electron chi connectivity index (χ2n) is 7.76. The highest BCUT2D eigenvalue weighted by Gasteiger charge is 2.40. The normalized spacial score (nSPS) is 19.9. The lowest BCUT2D eigenvalue weighted by Crippen LogP contribution is -2.43. The quantitative estimate of drug-likeness (QED) is 0.682. The van der Waals surface area contributed by atoms with Crippen LogP contribution in [-0.2, 0) is 17.6 Å². The Morgan fingerprint density at radius 1 is 1.26 bits per heavy atom. The molecule has 1 fully saturated rings. The number of nitrogens with one attached hydrogen (secondary N) is 2. The van der Waals surface area contributed by atoms with Gasteiger partial charge in [-0.3, -0.25) is 9.69 Å². The first kappa shape index (κ1) is 17.0. The number of rotatable bonds is 6. The standard InChI is InChI=1S/C22H25N3OS/c26-21(23-10-7-16-13-24-19-4-2-1-3-17(16)19)14-25-11-8-20-18(9-12-27-20)22(25)15-5-6-15/h1-4,9,12-13,15,22,24H,5-8,10-11,14H2,(H,23,26). The Morgan fingerprint density at radius 2 is 2.15 bits per heavy atom. The summed E-state index contributed by atoms with van der Waals surface area (Å²) in [5.41, 5.74) is 3.91. The largest absolute Gasteiger partial charge is 0.361 e. The van der Waals surface area contributed by atoms with Gasteiger partial charge in [0.05, 0.1) is 6.54 Å². The Kier molecular flexibility index (Phi) is 4.50. The summed E-state index contributed by atoms with van der Waals surface area (Å²) in [5.74, 6) is 0.900. The topological polar surface area (TPSA) is 48.1 Å². The number of carbonyl (C=O) groups excluding carboxylic acids is 1. The first-order valence-corrected chi connectivity index (χ1v) is 10.8. The minimum Gasteiger partial charge on any atom is -0.361 e. The van der Waals surface area contributed by atoms with Crippen molar-refractivity contribution < 1.29 is 4.79 Å². The second kappa shape index (κ2) is 7.13. The number of thiophene rings is 1. The third-order valence-electron chi connectivity index (χ3n) is 5.92. The fourth-order valence-electron chi connectivity index (χ4n) is 4.46. The van der Waals surface area contributed by atoms with Crippen molar-refractivity contribution in [2.45, 2.75) is 31.7 Å². The molecule has 2 N–H and O–H groups in total. The van der Waals surface area contributed by atoms with Crippen molar-refractivity contribution in [3.05, 3.63) is 57.9 Å². The van der Waals surface area contributed by atoms with E-state index in [0.717, 1.165) is 30.8 Å². The highest BCUT2D eigenvalue weighted by Crippen LogP contribution is 2.48. The average molecular weight is 380 g/mol. The van der Waals surface area contributed by atoms with Crippen LogP contribution in [0.2, 0.25) is 0 Å². The zero-order valence-corrected chi connectivity index (χ0v) is 16.2. The minimum atomic E-state index is 0.152. The lowest BCUT2D eigenvalue weighted by Gasteiger charge is -2.35. The van der Waals surface area contributed by atoms with Gasteiger partial charge in [-0.05, 0) is 60.2 Å². The summed E-state index contributed by atoms with van der Waals surface area (Å²) in [6.07, 6.45) is 6.61. The molecular weight excluding hydrogens is 354 g/mol. The van der Waals surface area contributed by atoms with Gasteiger partial charge >= 0.3 is 0 Å². The molecule has 3 aromatic rings. The number of hydrogen-bond acceptors (Lipinski definition) is 3. The molecule has 1 amide bonds. The van der Waals surface area contributed by atoms with E-state index in [9.17, 15) is 4.79 Å². The van der Waals surface area contributed by atoms with Crippen LogP contribution >= 0.6 is 11.3 Å². The van der Waals surface area contributed by atoms with Crippen LogP contribution in [0.3, 0.4) is 0 Å². The Hall–Kier alpha value is -2.11. The molecule has 2 aromatic heterocycles. The number of aromatic nitrogens is 1. The van der Waals surface area contributed by atoms with Crippen LogP contribution < -0.4 is 5.32 Å². The van der Waals surface area contributed by atoms with Crippen LogP contribution in [0.5, 0.6) is 0 Å². The minimum absolute atomic E-state index is 0.152. The molecule has 1 aliphatic carbocycles. The van der Waals surface area contributed by atoms with Crippen LogP contribution in [0.25, 0.3) is 10.9 Å². The monoisotopic (exact) mass is 379 g/mol. The van der Waals surface area contributed by atoms with Gasteiger partial charge in [-0.25, -0.2) is 0 Å². The van der Waals surface area contributed by atoms with Crippen molar-refractivity contribution in [1.29, 1.82) is 0 Å². The summed E-state index contributed by atoms with van der Waals surface area (Å²) >= 11 is 1.88. The number of H-pyrrole nitrogens is 1. The summed E-state index contributed by atoms with van der Waals surface area (Å²) in [6, 6.07) is 11.1. The molecule has 0 spiro atoms. The number of benzene rings is 1. The van der Waals surface area contributed by atoms with Gasteiger partial charge < -0.3 is 10.3 Å². The Labute approximate surface area is 163 Å². The molecular formula is C22H25N3OS. The SMILES string of the molecule is O=C(CN1CCc2sccc2C1C1CC1)NCCc1c[nH]c2ccccc12. The summed E-state index contributed by atoms with van der Waals surface area (Å²) < 4.78 is 0. The molecule has 1 saturated carbocycles. The maximum absolute atomic E-state index is 12.6. The maximum atomic E-state index is 12.6. The number of amides is 1. The summed E-state index contributed by atoms with van der Waals surface area (Å²) in [4.78, 5) is 19.8. The molecule has 1 aliphatic heterocycles. The first-order chi connectivity index (χ1) is 13.3. The zero-order chi connectivity index (χ0) is 18.2. The molecule has 0 radical (unpaired) electrons. The van der Waals surface area contributed by atoms with E-state index in [-0.39, 0.29) is 5.91 Å². The molecule has 1 unspecified atom stereocenters. The van der Waals surface area contributed by atoms with Gasteiger partial charge in [-0.1, -0.05) is 18.2 Å². The van der Waals surface area contributed by atoms with E-state index in [1.54, 1.807) is 0 Å². The van der Waals surface area contributed by atoms with Gasteiger partial charge in [-0.15, -0.1) is 11.3 Å². The Balaban J connectivity index is 1.18. The fraction of sp³-hybridized carbons (Fsp3) is 0.409. The molecule has 27 heavy (non-hydrogen) atoms. The first-order valence-electron chi connectivity index (χ1n) is 9.91. The molecule has 3 heterocycles. The van der Waals surface area contributed by atoms with E-state index in [1.165, 1.54) is 34.2 Å². The fourth-order valence-corrected chi connectivity index (χ4v) is 5.37. The van der Waals surface area contributed by atoms with Gasteiger partial charge in [-0.2, -0.15) is 0 Å². The van der Waals surface area contributed by atoms with Crippen LogP contribution in [0.4, 0.5) is 0 Å². The predicted octanol–water partition coefficient (Wildman–Crippen LogP) is 3.90. The second-order valence-corrected chi connectivity index (χ2v) is 8.76. The van der Waals surface area contributed by atoms with Crippen molar-refractivity contribution in [1.82, 2.24) is 15.2 Å². The average Bonchev–Trinajstić information content (AvgIpc) is 3.25. The van der Waals surface area contributed by atoms with Crippen molar-refractivity contribution in [3.8, 4) is 0 Å². The van der Waals surface area contributed by atoms with Gasteiger partial charge in [0, 0.05) is 41.1 Å². The van der Waals surface area contributed by atoms with E-state index in [4.69, 9.17) is 0 Å². The van der Waals surface area contributed by atoms with Crippen LogP contribution in [0.15, 0.2) is 41.9 Å². The van der Waals surface area contributed by atoms with Crippen LogP contribution in [0.1, 0.15) is 34.9 Å². The lowest BCUT2D eigenvalue weighted by molar-refractivity contribution is -0.123. The number of hydrogen-bond donors (Lipinski definition) is 2. The molecule has 1 atom stereocenters. The molecule has 5 heteroatoms. The van der Waals surface area contributed by atoms with E-state index >= 15 is 0 Å². The molecule has 5 rings (SSSR count). The highest BCUT2D eigenvalue weighted by molar-refractivity contribution is 7.10. The van der Waals surface area contributed by atoms with Crippen LogP contribution in [-0.4, -0.2) is 35.4 Å². The highest BCUT2D eigenvalue weighted by atomic mass is 32.1. The van der Waals surface area contributed by atoms with Gasteiger partial charge in [0.2, 0.25) is 5.91 Å². The van der Waals surface area contributed by atoms with Crippen molar-refractivity contribution in [2.24, 2.45) is 5.92 Å². The van der Waals surface area contributed by atoms with Gasteiger partial charge in [0.25, 0.3) is 0 Å². The molecule has 0 saturated heterocycles. The summed E-state index contributed by atoms with van der Waals surface area (Å²) in [5, 5.41) is 6.60. The van der Waals surface area contributed by atoms with E-state index in [1.807, 2.05) is 17.4 Å². The predicted molar refractivity (Wildman–Crippen MR) is 110 cm³/mol. The van der Waals surface area contributed by atoms with E-state index in [0.29, 0.717) is 19.1 Å². The van der Waals surface area contributed by atoms with E-state index < -0.39 is 0 Å². The number of fused-ring (bicyclic) bond motifs is 2. The zero-order valence-electron chi connectivity index (χ0n) is 15.4. The smallest absolute Gasteiger partial charge is 0.234 e. The third kappa shape index (κ3) is 3.42. The number of aromatic amines is 1. The lowest BCUT2D eigenvalue weighted by atomic mass is 9.96. The Morgan fingerprint density at radius 3 is 3.04 bits per heavy atom. The number of carbonyl (C=O) groups is 1. The molecule has 4 nitrogen and oxygen atoms in total. The van der Waals surface area contributed by atoms with E-state index in [2.05, 4.69) is 51.0 Å². The Bertz CT molecular complexity index is 955. The van der Waals surface area contributed by atoms with Crippen LogP contribution in [0, 0.1) is 5.92 Å².